The molecule has 0 aliphatic carbocycles. The highest BCUT2D eigenvalue weighted by Gasteiger charge is 2.31. The number of carbonyl (C=O) groups excluding carboxylic acids is 1. The van der Waals surface area contributed by atoms with Gasteiger partial charge in [-0.3, -0.25) is 4.79 Å². The van der Waals surface area contributed by atoms with Crippen LogP contribution < -0.4 is 5.32 Å². The fourth-order valence-electron chi connectivity index (χ4n) is 2.46. The molecule has 0 bridgehead atoms. The van der Waals surface area contributed by atoms with Gasteiger partial charge in [-0.2, -0.15) is 13.2 Å². The molecule has 0 atom stereocenters. The number of rotatable bonds is 3. The van der Waals surface area contributed by atoms with Crippen molar-refractivity contribution in [3.63, 3.8) is 0 Å². The summed E-state index contributed by atoms with van der Waals surface area (Å²) in [5, 5.41) is 2.48. The predicted molar refractivity (Wildman–Crippen MR) is 100 cm³/mol. The largest absolute Gasteiger partial charge is 0.416 e. The zero-order chi connectivity index (χ0) is 18.4. The maximum atomic E-state index is 12.7. The SMILES string of the molecule is O=C(CSC(=S)N1CCCCCC1)Nc1cc(C(F)(F)F)ccc1Cl. The van der Waals surface area contributed by atoms with Crippen molar-refractivity contribution >= 4 is 51.5 Å². The first kappa shape index (κ1) is 20.3. The van der Waals surface area contributed by atoms with Crippen molar-refractivity contribution in [2.45, 2.75) is 31.9 Å². The number of carbonyl (C=O) groups is 1. The average Bonchev–Trinajstić information content (AvgIpc) is 2.83. The van der Waals surface area contributed by atoms with E-state index in [1.54, 1.807) is 0 Å². The van der Waals surface area contributed by atoms with Crippen LogP contribution in [0.3, 0.4) is 0 Å². The Bertz CT molecular complexity index is 632. The lowest BCUT2D eigenvalue weighted by Crippen LogP contribution is -2.29. The number of nitrogens with zero attached hydrogens (tertiary/aromatic N) is 1. The van der Waals surface area contributed by atoms with Crippen LogP contribution in [0.5, 0.6) is 0 Å². The summed E-state index contributed by atoms with van der Waals surface area (Å²) in [7, 11) is 0. The van der Waals surface area contributed by atoms with E-state index in [0.717, 1.165) is 44.1 Å². The van der Waals surface area contributed by atoms with Gasteiger partial charge in [0.25, 0.3) is 0 Å². The van der Waals surface area contributed by atoms with E-state index in [4.69, 9.17) is 23.8 Å². The first-order valence-electron chi connectivity index (χ1n) is 7.85. The molecular formula is C16H18ClF3N2OS2. The molecule has 1 N–H and O–H groups in total. The number of likely N-dealkylation sites (tertiary alicyclic amines) is 1. The summed E-state index contributed by atoms with van der Waals surface area (Å²) in [5.41, 5.74) is -0.914. The number of thioether (sulfide) groups is 1. The normalized spacial score (nSPS) is 15.6. The lowest BCUT2D eigenvalue weighted by molar-refractivity contribution is -0.137. The number of anilines is 1. The topological polar surface area (TPSA) is 32.3 Å². The molecule has 1 amide bonds. The van der Waals surface area contributed by atoms with Gasteiger partial charge in [0.05, 0.1) is 22.0 Å². The molecule has 1 saturated heterocycles. The Morgan fingerprint density at radius 3 is 2.48 bits per heavy atom. The third-order valence-corrected chi connectivity index (χ3v) is 5.61. The summed E-state index contributed by atoms with van der Waals surface area (Å²) in [6, 6.07) is 2.83. The summed E-state index contributed by atoms with van der Waals surface area (Å²) < 4.78 is 38.9. The van der Waals surface area contributed by atoms with Crippen LogP contribution in [0.4, 0.5) is 18.9 Å². The number of benzene rings is 1. The van der Waals surface area contributed by atoms with Crippen LogP contribution in [-0.2, 0) is 11.0 Å². The number of alkyl halides is 3. The molecule has 1 aliphatic heterocycles. The Hall–Kier alpha value is -0.990. The van der Waals surface area contributed by atoms with Crippen LogP contribution in [0, 0.1) is 0 Å². The minimum absolute atomic E-state index is 0.0297. The van der Waals surface area contributed by atoms with E-state index >= 15 is 0 Å². The van der Waals surface area contributed by atoms with Gasteiger partial charge in [0.1, 0.15) is 4.32 Å². The third kappa shape index (κ3) is 6.34. The second-order valence-corrected chi connectivity index (χ2v) is 7.71. The van der Waals surface area contributed by atoms with Crippen molar-refractivity contribution in [2.75, 3.05) is 24.2 Å². The Balaban J connectivity index is 1.90. The number of thiocarbonyl (C=S) groups is 1. The van der Waals surface area contributed by atoms with E-state index in [1.165, 1.54) is 24.6 Å². The highest BCUT2D eigenvalue weighted by molar-refractivity contribution is 8.23. The van der Waals surface area contributed by atoms with Crippen LogP contribution in [-0.4, -0.2) is 34.0 Å². The van der Waals surface area contributed by atoms with Crippen molar-refractivity contribution in [3.8, 4) is 0 Å². The van der Waals surface area contributed by atoms with Gasteiger partial charge in [0.15, 0.2) is 0 Å². The standard InChI is InChI=1S/C16H18ClF3N2OS2/c17-12-6-5-11(16(18,19)20)9-13(12)21-14(23)10-25-15(24)22-7-3-1-2-4-8-22/h5-6,9H,1-4,7-8,10H2,(H,21,23). The van der Waals surface area contributed by atoms with Gasteiger partial charge in [-0.25, -0.2) is 0 Å². The van der Waals surface area contributed by atoms with Crippen molar-refractivity contribution in [2.24, 2.45) is 0 Å². The Labute approximate surface area is 159 Å². The average molecular weight is 411 g/mol. The van der Waals surface area contributed by atoms with Crippen LogP contribution >= 0.6 is 35.6 Å². The molecule has 1 aromatic rings. The summed E-state index contributed by atoms with van der Waals surface area (Å²) >= 11 is 12.4. The number of nitrogens with one attached hydrogen (secondary N) is 1. The second kappa shape index (κ2) is 9.09. The molecule has 138 valence electrons. The van der Waals surface area contributed by atoms with Crippen LogP contribution in [0.25, 0.3) is 0 Å². The number of hydrogen-bond donors (Lipinski definition) is 1. The van der Waals surface area contributed by atoms with Crippen molar-refractivity contribution in [1.29, 1.82) is 0 Å². The predicted octanol–water partition coefficient (Wildman–Crippen LogP) is 5.19. The first-order valence-corrected chi connectivity index (χ1v) is 9.63. The fourth-order valence-corrected chi connectivity index (χ4v) is 3.67. The zero-order valence-corrected chi connectivity index (χ0v) is 15.8. The molecular weight excluding hydrogens is 393 g/mol. The van der Waals surface area contributed by atoms with Gasteiger partial charge < -0.3 is 10.2 Å². The molecule has 0 spiro atoms. The molecule has 1 aromatic carbocycles. The summed E-state index contributed by atoms with van der Waals surface area (Å²) in [5.74, 6) is -0.412. The summed E-state index contributed by atoms with van der Waals surface area (Å²) in [4.78, 5) is 14.1. The lowest BCUT2D eigenvalue weighted by Gasteiger charge is -2.22. The Morgan fingerprint density at radius 1 is 1.24 bits per heavy atom. The molecule has 1 fully saturated rings. The second-order valence-electron chi connectivity index (χ2n) is 5.70. The molecule has 25 heavy (non-hydrogen) atoms. The quantitative estimate of drug-likeness (QED) is 0.695. The van der Waals surface area contributed by atoms with Gasteiger partial charge in [-0.05, 0) is 31.0 Å². The lowest BCUT2D eigenvalue weighted by atomic mass is 10.2. The number of hydrogen-bond acceptors (Lipinski definition) is 3. The van der Waals surface area contributed by atoms with Crippen LogP contribution in [0.15, 0.2) is 18.2 Å². The van der Waals surface area contributed by atoms with Crippen molar-refractivity contribution < 1.29 is 18.0 Å². The molecule has 0 aromatic heterocycles. The summed E-state index contributed by atoms with van der Waals surface area (Å²) in [6.07, 6.45) is 0.0171. The minimum Gasteiger partial charge on any atom is -0.358 e. The van der Waals surface area contributed by atoms with Gasteiger partial charge in [0, 0.05) is 13.1 Å². The van der Waals surface area contributed by atoms with Gasteiger partial charge in [-0.15, -0.1) is 0 Å². The van der Waals surface area contributed by atoms with E-state index in [2.05, 4.69) is 10.2 Å². The molecule has 0 radical (unpaired) electrons. The number of halogens is 4. The molecule has 1 aliphatic rings. The van der Waals surface area contributed by atoms with Crippen molar-refractivity contribution in [1.82, 2.24) is 4.90 Å². The van der Waals surface area contributed by atoms with Crippen LogP contribution in [0.2, 0.25) is 5.02 Å². The first-order chi connectivity index (χ1) is 11.8. The van der Waals surface area contributed by atoms with Gasteiger partial charge in [-0.1, -0.05) is 48.4 Å². The Kier molecular flexibility index (Phi) is 7.39. The highest BCUT2D eigenvalue weighted by atomic mass is 35.5. The maximum absolute atomic E-state index is 12.7. The fraction of sp³-hybridized carbons (Fsp3) is 0.500. The van der Waals surface area contributed by atoms with E-state index in [0.29, 0.717) is 4.32 Å². The monoisotopic (exact) mass is 410 g/mol. The molecule has 0 saturated carbocycles. The van der Waals surface area contributed by atoms with E-state index in [9.17, 15) is 18.0 Å². The summed E-state index contributed by atoms with van der Waals surface area (Å²) in [6.45, 7) is 1.76. The molecule has 2 rings (SSSR count). The van der Waals surface area contributed by atoms with Crippen LogP contribution in [0.1, 0.15) is 31.2 Å². The van der Waals surface area contributed by atoms with Crippen molar-refractivity contribution in [3.05, 3.63) is 28.8 Å². The smallest absolute Gasteiger partial charge is 0.358 e. The molecule has 3 nitrogen and oxygen atoms in total. The van der Waals surface area contributed by atoms with Gasteiger partial charge >= 0.3 is 6.18 Å². The number of amides is 1. The highest BCUT2D eigenvalue weighted by Crippen LogP contribution is 2.33. The van der Waals surface area contributed by atoms with E-state index < -0.39 is 17.6 Å². The van der Waals surface area contributed by atoms with Gasteiger partial charge in [0.2, 0.25) is 5.91 Å². The third-order valence-electron chi connectivity index (χ3n) is 3.76. The molecule has 9 heteroatoms. The zero-order valence-electron chi connectivity index (χ0n) is 13.4. The molecule has 0 unspecified atom stereocenters. The molecule has 1 heterocycles. The van der Waals surface area contributed by atoms with E-state index in [-0.39, 0.29) is 16.5 Å². The minimum atomic E-state index is -4.49. The van der Waals surface area contributed by atoms with E-state index in [1.807, 2.05) is 0 Å². The maximum Gasteiger partial charge on any atom is 0.416 e. The Morgan fingerprint density at radius 2 is 1.88 bits per heavy atom.